The topological polar surface area (TPSA) is 56.5 Å². The molecule has 0 aliphatic heterocycles. The van der Waals surface area contributed by atoms with Crippen LogP contribution in [0.15, 0.2) is 88.1 Å². The lowest BCUT2D eigenvalue weighted by molar-refractivity contribution is 0.0818. The van der Waals surface area contributed by atoms with Crippen LogP contribution in [0.1, 0.15) is 17.3 Å². The first kappa shape index (κ1) is 18.6. The molecule has 0 aliphatic rings. The van der Waals surface area contributed by atoms with Crippen molar-refractivity contribution in [1.29, 1.82) is 0 Å². The molecule has 0 saturated heterocycles. The molecule has 29 heavy (non-hydrogen) atoms. The molecule has 0 radical (unpaired) electrons. The fourth-order valence-corrected chi connectivity index (χ4v) is 3.09. The Hall–Kier alpha value is -3.73. The standard InChI is InChI=1S/C24H17FO4/c1-15(23(26)17-5-3-2-4-6-17)28-20-12-9-18-13-21(24(27)29-22(18)14-20)16-7-10-19(25)11-8-16/h2-15H,1H3/t15-/m1/s1. The van der Waals surface area contributed by atoms with Gasteiger partial charge in [0.05, 0.1) is 5.56 Å². The number of fused-ring (bicyclic) bond motifs is 1. The van der Waals surface area contributed by atoms with Gasteiger partial charge in [0.25, 0.3) is 0 Å². The van der Waals surface area contributed by atoms with Gasteiger partial charge in [-0.25, -0.2) is 9.18 Å². The zero-order valence-electron chi connectivity index (χ0n) is 15.6. The number of Topliss-reactive ketones (excluding diaryl/α,β-unsaturated/α-hetero) is 1. The third-order valence-electron chi connectivity index (χ3n) is 4.60. The molecular weight excluding hydrogens is 371 g/mol. The minimum Gasteiger partial charge on any atom is -0.482 e. The van der Waals surface area contributed by atoms with Gasteiger partial charge in [0.15, 0.2) is 6.10 Å². The van der Waals surface area contributed by atoms with E-state index in [9.17, 15) is 14.0 Å². The molecule has 5 heteroatoms. The Morgan fingerprint density at radius 2 is 1.69 bits per heavy atom. The summed E-state index contributed by atoms with van der Waals surface area (Å²) in [5.74, 6) is -0.0920. The summed E-state index contributed by atoms with van der Waals surface area (Å²) in [5.41, 5.74) is 1.30. The molecule has 1 atom stereocenters. The lowest BCUT2D eigenvalue weighted by atomic mass is 10.1. The van der Waals surface area contributed by atoms with Gasteiger partial charge in [-0.05, 0) is 42.8 Å². The SMILES string of the molecule is C[C@@H](Oc1ccc2cc(-c3ccc(F)cc3)c(=O)oc2c1)C(=O)c1ccccc1. The van der Waals surface area contributed by atoms with Crippen LogP contribution in [0.3, 0.4) is 0 Å². The summed E-state index contributed by atoms with van der Waals surface area (Å²) in [5, 5.41) is 0.693. The van der Waals surface area contributed by atoms with Crippen molar-refractivity contribution in [2.75, 3.05) is 0 Å². The van der Waals surface area contributed by atoms with E-state index in [4.69, 9.17) is 9.15 Å². The summed E-state index contributed by atoms with van der Waals surface area (Å²) in [6.07, 6.45) is -0.694. The van der Waals surface area contributed by atoms with E-state index < -0.39 is 11.7 Å². The average molecular weight is 388 g/mol. The minimum absolute atomic E-state index is 0.140. The average Bonchev–Trinajstić information content (AvgIpc) is 2.74. The van der Waals surface area contributed by atoms with E-state index in [1.165, 1.54) is 24.3 Å². The van der Waals surface area contributed by atoms with Crippen LogP contribution in [0.5, 0.6) is 5.75 Å². The number of carbonyl (C=O) groups excluding carboxylic acids is 1. The van der Waals surface area contributed by atoms with E-state index in [2.05, 4.69) is 0 Å². The highest BCUT2D eigenvalue weighted by Crippen LogP contribution is 2.25. The minimum atomic E-state index is -0.694. The Bertz CT molecular complexity index is 1230. The lowest BCUT2D eigenvalue weighted by Gasteiger charge is -2.14. The normalized spacial score (nSPS) is 11.9. The number of ketones is 1. The van der Waals surface area contributed by atoms with Gasteiger partial charge < -0.3 is 9.15 Å². The van der Waals surface area contributed by atoms with Crippen LogP contribution in [-0.4, -0.2) is 11.9 Å². The fourth-order valence-electron chi connectivity index (χ4n) is 3.09. The largest absolute Gasteiger partial charge is 0.482 e. The summed E-state index contributed by atoms with van der Waals surface area (Å²) in [6.45, 7) is 1.67. The van der Waals surface area contributed by atoms with Gasteiger partial charge in [-0.3, -0.25) is 4.79 Å². The van der Waals surface area contributed by atoms with Crippen LogP contribution in [0.25, 0.3) is 22.1 Å². The van der Waals surface area contributed by atoms with Crippen molar-refractivity contribution in [3.05, 3.63) is 101 Å². The Morgan fingerprint density at radius 3 is 2.41 bits per heavy atom. The van der Waals surface area contributed by atoms with Crippen LogP contribution in [0.4, 0.5) is 4.39 Å². The van der Waals surface area contributed by atoms with Gasteiger partial charge in [0, 0.05) is 17.0 Å². The first-order chi connectivity index (χ1) is 14.0. The number of ether oxygens (including phenoxy) is 1. The van der Waals surface area contributed by atoms with Crippen LogP contribution >= 0.6 is 0 Å². The number of rotatable bonds is 5. The van der Waals surface area contributed by atoms with Crippen molar-refractivity contribution in [3.8, 4) is 16.9 Å². The zero-order valence-corrected chi connectivity index (χ0v) is 15.6. The Morgan fingerprint density at radius 1 is 0.966 bits per heavy atom. The molecule has 3 aromatic carbocycles. The molecular formula is C24H17FO4. The zero-order chi connectivity index (χ0) is 20.4. The molecule has 0 amide bonds. The van der Waals surface area contributed by atoms with Crippen molar-refractivity contribution in [2.24, 2.45) is 0 Å². The summed E-state index contributed by atoms with van der Waals surface area (Å²) < 4.78 is 24.3. The summed E-state index contributed by atoms with van der Waals surface area (Å²) >= 11 is 0. The molecule has 1 aromatic heterocycles. The Labute approximate surface area is 166 Å². The highest BCUT2D eigenvalue weighted by molar-refractivity contribution is 5.99. The van der Waals surface area contributed by atoms with Crippen molar-refractivity contribution < 1.29 is 18.3 Å². The van der Waals surface area contributed by atoms with Gasteiger partial charge >= 0.3 is 5.63 Å². The number of carbonyl (C=O) groups is 1. The smallest absolute Gasteiger partial charge is 0.344 e. The summed E-state index contributed by atoms with van der Waals surface area (Å²) in [6, 6.07) is 21.3. The molecule has 0 spiro atoms. The molecule has 0 saturated carbocycles. The number of halogens is 1. The van der Waals surface area contributed by atoms with E-state index in [-0.39, 0.29) is 11.6 Å². The van der Waals surface area contributed by atoms with Gasteiger partial charge in [-0.15, -0.1) is 0 Å². The molecule has 0 bridgehead atoms. The molecule has 4 nitrogen and oxygen atoms in total. The van der Waals surface area contributed by atoms with E-state index in [1.54, 1.807) is 55.5 Å². The second-order valence-corrected chi connectivity index (χ2v) is 6.64. The van der Waals surface area contributed by atoms with E-state index in [0.717, 1.165) is 0 Å². The maximum absolute atomic E-state index is 13.1. The van der Waals surface area contributed by atoms with Crippen LogP contribution in [0.2, 0.25) is 0 Å². The molecule has 4 aromatic rings. The number of hydrogen-bond donors (Lipinski definition) is 0. The van der Waals surface area contributed by atoms with Gasteiger partial charge in [0.2, 0.25) is 5.78 Å². The van der Waals surface area contributed by atoms with Crippen molar-refractivity contribution in [1.82, 2.24) is 0 Å². The molecule has 0 unspecified atom stereocenters. The number of benzene rings is 3. The van der Waals surface area contributed by atoms with Crippen molar-refractivity contribution >= 4 is 16.8 Å². The van der Waals surface area contributed by atoms with Crippen LogP contribution in [-0.2, 0) is 0 Å². The molecule has 0 aliphatic carbocycles. The second-order valence-electron chi connectivity index (χ2n) is 6.64. The monoisotopic (exact) mass is 388 g/mol. The first-order valence-electron chi connectivity index (χ1n) is 9.11. The van der Waals surface area contributed by atoms with Crippen LogP contribution < -0.4 is 10.4 Å². The molecule has 0 fully saturated rings. The summed E-state index contributed by atoms with van der Waals surface area (Å²) in [4.78, 5) is 24.9. The number of hydrogen-bond acceptors (Lipinski definition) is 4. The van der Waals surface area contributed by atoms with Gasteiger partial charge in [0.1, 0.15) is 17.1 Å². The Kier molecular flexibility index (Phi) is 4.96. The van der Waals surface area contributed by atoms with Crippen molar-refractivity contribution in [2.45, 2.75) is 13.0 Å². The van der Waals surface area contributed by atoms with E-state index in [1.807, 2.05) is 6.07 Å². The Balaban J connectivity index is 1.61. The van der Waals surface area contributed by atoms with Gasteiger partial charge in [-0.1, -0.05) is 42.5 Å². The molecule has 4 rings (SSSR count). The van der Waals surface area contributed by atoms with Crippen molar-refractivity contribution in [3.63, 3.8) is 0 Å². The van der Waals surface area contributed by atoms with Crippen LogP contribution in [0, 0.1) is 5.82 Å². The predicted octanol–water partition coefficient (Wildman–Crippen LogP) is 5.25. The third kappa shape index (κ3) is 3.94. The maximum atomic E-state index is 13.1. The predicted molar refractivity (Wildman–Crippen MR) is 109 cm³/mol. The second kappa shape index (κ2) is 7.72. The van der Waals surface area contributed by atoms with E-state index in [0.29, 0.717) is 33.4 Å². The maximum Gasteiger partial charge on any atom is 0.344 e. The quantitative estimate of drug-likeness (QED) is 0.346. The molecule has 144 valence electrons. The molecule has 0 N–H and O–H groups in total. The lowest BCUT2D eigenvalue weighted by Crippen LogP contribution is -2.23. The molecule has 1 heterocycles. The first-order valence-corrected chi connectivity index (χ1v) is 9.11. The fraction of sp³-hybridized carbons (Fsp3) is 0.0833. The van der Waals surface area contributed by atoms with Gasteiger partial charge in [-0.2, -0.15) is 0 Å². The third-order valence-corrected chi connectivity index (χ3v) is 4.60. The summed E-state index contributed by atoms with van der Waals surface area (Å²) in [7, 11) is 0. The highest BCUT2D eigenvalue weighted by atomic mass is 19.1. The highest BCUT2D eigenvalue weighted by Gasteiger charge is 2.17. The van der Waals surface area contributed by atoms with E-state index >= 15 is 0 Å².